The Morgan fingerprint density at radius 2 is 1.75 bits per heavy atom. The first kappa shape index (κ1) is 15.4. The van der Waals surface area contributed by atoms with E-state index in [9.17, 15) is 4.39 Å². The van der Waals surface area contributed by atoms with Gasteiger partial charge >= 0.3 is 0 Å². The van der Waals surface area contributed by atoms with E-state index in [-0.39, 0.29) is 18.2 Å². The number of unbranched alkanes of at least 4 members (excludes halogenated alkanes) is 3. The van der Waals surface area contributed by atoms with Gasteiger partial charge < -0.3 is 5.32 Å². The average molecular weight is 246 g/mol. The zero-order chi connectivity index (χ0) is 10.9. The highest BCUT2D eigenvalue weighted by atomic mass is 35.5. The van der Waals surface area contributed by atoms with Crippen molar-refractivity contribution >= 4 is 12.4 Å². The number of hydrogen-bond acceptors (Lipinski definition) is 1. The molecule has 1 nitrogen and oxygen atoms in total. The van der Waals surface area contributed by atoms with Gasteiger partial charge in [-0.1, -0.05) is 38.3 Å². The van der Waals surface area contributed by atoms with E-state index in [1.807, 2.05) is 12.1 Å². The van der Waals surface area contributed by atoms with E-state index in [1.54, 1.807) is 0 Å². The van der Waals surface area contributed by atoms with Gasteiger partial charge in [-0.15, -0.1) is 12.4 Å². The highest BCUT2D eigenvalue weighted by Gasteiger charge is 1.93. The molecule has 1 aromatic rings. The molecule has 0 aliphatic carbocycles. The Bertz CT molecular complexity index is 261. The Balaban J connectivity index is 0.00000225. The van der Waals surface area contributed by atoms with Crippen LogP contribution in [0.4, 0.5) is 4.39 Å². The van der Waals surface area contributed by atoms with Crippen LogP contribution in [0, 0.1) is 5.82 Å². The van der Waals surface area contributed by atoms with Gasteiger partial charge in [-0.2, -0.15) is 0 Å². The van der Waals surface area contributed by atoms with Crippen molar-refractivity contribution in [2.24, 2.45) is 0 Å². The highest BCUT2D eigenvalue weighted by Crippen LogP contribution is 2.02. The molecule has 0 aliphatic heterocycles. The molecule has 3 heteroatoms. The molecular weight excluding hydrogens is 225 g/mol. The number of halogens is 2. The Kier molecular flexibility index (Phi) is 9.25. The lowest BCUT2D eigenvalue weighted by Gasteiger charge is -2.04. The number of hydrogen-bond donors (Lipinski definition) is 1. The summed E-state index contributed by atoms with van der Waals surface area (Å²) in [6.45, 7) is 4.11. The van der Waals surface area contributed by atoms with E-state index < -0.39 is 0 Å². The first-order chi connectivity index (χ1) is 7.33. The third kappa shape index (κ3) is 6.81. The standard InChI is InChI=1S/C13H20FN.ClH/c1-2-3-4-5-10-15-11-12-6-8-13(14)9-7-12;/h6-9,15H,2-5,10-11H2,1H3;1H. The molecule has 0 spiro atoms. The van der Waals surface area contributed by atoms with Gasteiger partial charge in [0, 0.05) is 6.54 Å². The molecule has 0 saturated carbocycles. The lowest BCUT2D eigenvalue weighted by atomic mass is 10.2. The smallest absolute Gasteiger partial charge is 0.123 e. The largest absolute Gasteiger partial charge is 0.313 e. The summed E-state index contributed by atoms with van der Waals surface area (Å²) in [4.78, 5) is 0. The van der Waals surface area contributed by atoms with Crippen molar-refractivity contribution < 1.29 is 4.39 Å². The van der Waals surface area contributed by atoms with E-state index in [0.29, 0.717) is 0 Å². The predicted molar refractivity (Wildman–Crippen MR) is 69.5 cm³/mol. The minimum atomic E-state index is -0.165. The predicted octanol–water partition coefficient (Wildman–Crippen LogP) is 3.92. The fraction of sp³-hybridized carbons (Fsp3) is 0.538. The van der Waals surface area contributed by atoms with E-state index in [4.69, 9.17) is 0 Å². The Labute approximate surface area is 104 Å². The van der Waals surface area contributed by atoms with Crippen LogP contribution in [-0.4, -0.2) is 6.54 Å². The summed E-state index contributed by atoms with van der Waals surface area (Å²) in [6, 6.07) is 6.67. The number of nitrogens with one attached hydrogen (secondary N) is 1. The lowest BCUT2D eigenvalue weighted by molar-refractivity contribution is 0.596. The molecule has 0 saturated heterocycles. The van der Waals surface area contributed by atoms with Crippen molar-refractivity contribution in [1.29, 1.82) is 0 Å². The van der Waals surface area contributed by atoms with Crippen LogP contribution in [0.25, 0.3) is 0 Å². The normalized spacial score (nSPS) is 9.88. The minimum absolute atomic E-state index is 0. The maximum atomic E-state index is 12.6. The van der Waals surface area contributed by atoms with Crippen LogP contribution in [0.1, 0.15) is 38.2 Å². The van der Waals surface area contributed by atoms with Crippen LogP contribution in [0.2, 0.25) is 0 Å². The van der Waals surface area contributed by atoms with Gasteiger partial charge in [-0.3, -0.25) is 0 Å². The first-order valence-corrected chi connectivity index (χ1v) is 5.78. The molecule has 0 aliphatic rings. The van der Waals surface area contributed by atoms with Crippen LogP contribution in [0.5, 0.6) is 0 Å². The van der Waals surface area contributed by atoms with Crippen LogP contribution in [0.3, 0.4) is 0 Å². The molecular formula is C13H21ClFN. The molecule has 1 N–H and O–H groups in total. The Morgan fingerprint density at radius 1 is 1.06 bits per heavy atom. The third-order valence-electron chi connectivity index (χ3n) is 2.45. The van der Waals surface area contributed by atoms with Gasteiger partial charge in [0.05, 0.1) is 0 Å². The molecule has 0 bridgehead atoms. The zero-order valence-corrected chi connectivity index (χ0v) is 10.7. The van der Waals surface area contributed by atoms with Crippen LogP contribution >= 0.6 is 12.4 Å². The van der Waals surface area contributed by atoms with Gasteiger partial charge in [0.15, 0.2) is 0 Å². The Morgan fingerprint density at radius 3 is 2.38 bits per heavy atom. The average Bonchev–Trinajstić information content (AvgIpc) is 2.26. The first-order valence-electron chi connectivity index (χ1n) is 5.78. The molecule has 1 rings (SSSR count). The molecule has 0 amide bonds. The lowest BCUT2D eigenvalue weighted by Crippen LogP contribution is -2.14. The van der Waals surface area contributed by atoms with Crippen molar-refractivity contribution in [3.63, 3.8) is 0 Å². The number of rotatable bonds is 7. The minimum Gasteiger partial charge on any atom is -0.313 e. The molecule has 16 heavy (non-hydrogen) atoms. The molecule has 0 radical (unpaired) electrons. The topological polar surface area (TPSA) is 12.0 Å². The monoisotopic (exact) mass is 245 g/mol. The SMILES string of the molecule is CCCCCCNCc1ccc(F)cc1.Cl. The van der Waals surface area contributed by atoms with E-state index >= 15 is 0 Å². The summed E-state index contributed by atoms with van der Waals surface area (Å²) in [5, 5.41) is 3.36. The van der Waals surface area contributed by atoms with Crippen molar-refractivity contribution in [3.05, 3.63) is 35.6 Å². The van der Waals surface area contributed by atoms with E-state index in [1.165, 1.54) is 37.8 Å². The van der Waals surface area contributed by atoms with E-state index in [0.717, 1.165) is 18.7 Å². The summed E-state index contributed by atoms with van der Waals surface area (Å²) in [5.41, 5.74) is 1.15. The summed E-state index contributed by atoms with van der Waals surface area (Å²) in [5.74, 6) is -0.165. The van der Waals surface area contributed by atoms with Gasteiger partial charge in [0.1, 0.15) is 5.82 Å². The second-order valence-corrected chi connectivity index (χ2v) is 3.86. The van der Waals surface area contributed by atoms with Crippen LogP contribution in [0.15, 0.2) is 24.3 Å². The second kappa shape index (κ2) is 9.61. The fourth-order valence-corrected chi connectivity index (χ4v) is 1.51. The molecule has 0 atom stereocenters. The van der Waals surface area contributed by atoms with Crippen molar-refractivity contribution in [2.45, 2.75) is 39.2 Å². The van der Waals surface area contributed by atoms with Crippen molar-refractivity contribution in [3.8, 4) is 0 Å². The van der Waals surface area contributed by atoms with Crippen LogP contribution < -0.4 is 5.32 Å². The molecule has 1 aromatic carbocycles. The third-order valence-corrected chi connectivity index (χ3v) is 2.45. The highest BCUT2D eigenvalue weighted by molar-refractivity contribution is 5.85. The fourth-order valence-electron chi connectivity index (χ4n) is 1.51. The van der Waals surface area contributed by atoms with Crippen molar-refractivity contribution in [1.82, 2.24) is 5.32 Å². The van der Waals surface area contributed by atoms with Crippen molar-refractivity contribution in [2.75, 3.05) is 6.54 Å². The van der Waals surface area contributed by atoms with Crippen LogP contribution in [-0.2, 0) is 6.54 Å². The molecule has 0 aromatic heterocycles. The summed E-state index contributed by atoms with van der Waals surface area (Å²) in [7, 11) is 0. The van der Waals surface area contributed by atoms with E-state index in [2.05, 4.69) is 12.2 Å². The number of benzene rings is 1. The molecule has 0 heterocycles. The van der Waals surface area contributed by atoms with Gasteiger partial charge in [-0.25, -0.2) is 4.39 Å². The quantitative estimate of drug-likeness (QED) is 0.718. The zero-order valence-electron chi connectivity index (χ0n) is 9.84. The van der Waals surface area contributed by atoms with Gasteiger partial charge in [-0.05, 0) is 30.7 Å². The summed E-state index contributed by atoms with van der Waals surface area (Å²) < 4.78 is 12.6. The molecule has 0 unspecified atom stereocenters. The molecule has 0 fully saturated rings. The molecule has 92 valence electrons. The Hall–Kier alpha value is -0.600. The summed E-state index contributed by atoms with van der Waals surface area (Å²) in [6.07, 6.45) is 5.12. The summed E-state index contributed by atoms with van der Waals surface area (Å²) >= 11 is 0. The van der Waals surface area contributed by atoms with Gasteiger partial charge in [0.2, 0.25) is 0 Å². The second-order valence-electron chi connectivity index (χ2n) is 3.86. The maximum Gasteiger partial charge on any atom is 0.123 e. The maximum absolute atomic E-state index is 12.6. The van der Waals surface area contributed by atoms with Gasteiger partial charge in [0.25, 0.3) is 0 Å².